The third-order valence-corrected chi connectivity index (χ3v) is 7.18. The topological polar surface area (TPSA) is 109 Å². The molecule has 0 saturated carbocycles. The van der Waals surface area contributed by atoms with E-state index in [9.17, 15) is 13.2 Å². The highest BCUT2D eigenvalue weighted by Gasteiger charge is 2.14. The van der Waals surface area contributed by atoms with Gasteiger partial charge in [-0.3, -0.25) is 14.5 Å². The van der Waals surface area contributed by atoms with Crippen molar-refractivity contribution in [1.82, 2.24) is 10.3 Å². The minimum atomic E-state index is -3.77. The molecule has 4 aromatic rings. The summed E-state index contributed by atoms with van der Waals surface area (Å²) in [4.78, 5) is 16.5. The van der Waals surface area contributed by atoms with Crippen molar-refractivity contribution in [1.29, 1.82) is 0 Å². The van der Waals surface area contributed by atoms with E-state index in [-0.39, 0.29) is 17.4 Å². The number of fused-ring (bicyclic) bond motifs is 1. The van der Waals surface area contributed by atoms with Gasteiger partial charge in [0.25, 0.3) is 15.9 Å². The zero-order valence-corrected chi connectivity index (χ0v) is 21.9. The number of hydrogen-bond donors (Lipinski definition) is 3. The van der Waals surface area contributed by atoms with E-state index in [4.69, 9.17) is 27.9 Å². The van der Waals surface area contributed by atoms with E-state index in [1.165, 1.54) is 24.3 Å². The summed E-state index contributed by atoms with van der Waals surface area (Å²) < 4.78 is 33.0. The molecular formula is C26H24Cl2N4O4S. The normalized spacial score (nSPS) is 11.2. The number of pyridine rings is 1. The average molecular weight is 559 g/mol. The Kier molecular flexibility index (Phi) is 8.70. The van der Waals surface area contributed by atoms with Crippen LogP contribution in [0.5, 0.6) is 5.75 Å². The van der Waals surface area contributed by atoms with Crippen molar-refractivity contribution in [2.75, 3.05) is 29.7 Å². The summed E-state index contributed by atoms with van der Waals surface area (Å²) in [5.41, 5.74) is 2.16. The molecule has 3 N–H and O–H groups in total. The largest absolute Gasteiger partial charge is 0.484 e. The molecule has 11 heteroatoms. The Morgan fingerprint density at radius 3 is 2.38 bits per heavy atom. The predicted octanol–water partition coefficient (Wildman–Crippen LogP) is 5.34. The molecule has 0 aliphatic carbocycles. The number of carbonyl (C=O) groups is 1. The van der Waals surface area contributed by atoms with Crippen LogP contribution < -0.4 is 20.1 Å². The van der Waals surface area contributed by atoms with Crippen molar-refractivity contribution in [3.8, 4) is 5.75 Å². The molecule has 8 nitrogen and oxygen atoms in total. The van der Waals surface area contributed by atoms with Gasteiger partial charge >= 0.3 is 0 Å². The van der Waals surface area contributed by atoms with Gasteiger partial charge in [0, 0.05) is 46.1 Å². The van der Waals surface area contributed by atoms with Gasteiger partial charge in [-0.15, -0.1) is 0 Å². The monoisotopic (exact) mass is 558 g/mol. The van der Waals surface area contributed by atoms with Crippen molar-refractivity contribution in [3.05, 3.63) is 89.0 Å². The lowest BCUT2D eigenvalue weighted by Crippen LogP contribution is -2.30. The average Bonchev–Trinajstić information content (AvgIpc) is 2.88. The van der Waals surface area contributed by atoms with Crippen LogP contribution in [0, 0.1) is 0 Å². The number of nitrogens with zero attached hydrogens (tertiary/aromatic N) is 1. The molecule has 192 valence electrons. The van der Waals surface area contributed by atoms with Gasteiger partial charge in [-0.25, -0.2) is 8.42 Å². The number of anilines is 2. The summed E-state index contributed by atoms with van der Waals surface area (Å²) in [6, 6.07) is 19.6. The summed E-state index contributed by atoms with van der Waals surface area (Å²) in [6.45, 7) is 0.943. The molecule has 1 amide bonds. The molecule has 37 heavy (non-hydrogen) atoms. The van der Waals surface area contributed by atoms with E-state index in [1.807, 2.05) is 24.3 Å². The fourth-order valence-corrected chi connectivity index (χ4v) is 4.81. The first-order valence-electron chi connectivity index (χ1n) is 11.4. The minimum Gasteiger partial charge on any atom is -0.484 e. The van der Waals surface area contributed by atoms with Crippen molar-refractivity contribution >= 4 is 61.4 Å². The SMILES string of the molecule is O=C(COc1ccc(S(=O)(=O)Nc2ccc(Cl)cc2)cc1)NCCCNc1ccnc2cc(Cl)ccc12. The summed E-state index contributed by atoms with van der Waals surface area (Å²) in [6.07, 6.45) is 2.43. The van der Waals surface area contributed by atoms with Crippen LogP contribution in [-0.2, 0) is 14.8 Å². The third kappa shape index (κ3) is 7.48. The highest BCUT2D eigenvalue weighted by molar-refractivity contribution is 7.92. The van der Waals surface area contributed by atoms with Crippen LogP contribution in [0.2, 0.25) is 10.0 Å². The fourth-order valence-electron chi connectivity index (χ4n) is 3.46. The van der Waals surface area contributed by atoms with Crippen LogP contribution in [0.4, 0.5) is 11.4 Å². The first-order valence-corrected chi connectivity index (χ1v) is 13.6. The number of benzene rings is 3. The van der Waals surface area contributed by atoms with E-state index < -0.39 is 10.0 Å². The Morgan fingerprint density at radius 1 is 0.892 bits per heavy atom. The van der Waals surface area contributed by atoms with Crippen LogP contribution in [0.15, 0.2) is 83.9 Å². The molecule has 0 unspecified atom stereocenters. The van der Waals surface area contributed by atoms with Crippen LogP contribution in [0.1, 0.15) is 6.42 Å². The van der Waals surface area contributed by atoms with Crippen molar-refractivity contribution in [2.24, 2.45) is 0 Å². The molecule has 0 atom stereocenters. The Morgan fingerprint density at radius 2 is 1.62 bits per heavy atom. The van der Waals surface area contributed by atoms with Crippen LogP contribution in [-0.4, -0.2) is 39.0 Å². The minimum absolute atomic E-state index is 0.0665. The number of carbonyl (C=O) groups excluding carboxylic acids is 1. The maximum atomic E-state index is 12.5. The van der Waals surface area contributed by atoms with Crippen molar-refractivity contribution < 1.29 is 17.9 Å². The molecule has 0 spiro atoms. The Labute approximate surface area is 225 Å². The van der Waals surface area contributed by atoms with Gasteiger partial charge < -0.3 is 15.4 Å². The first kappa shape index (κ1) is 26.5. The zero-order valence-electron chi connectivity index (χ0n) is 19.6. The summed E-state index contributed by atoms with van der Waals surface area (Å²) >= 11 is 11.9. The van der Waals surface area contributed by atoms with E-state index in [0.717, 1.165) is 16.6 Å². The number of sulfonamides is 1. The first-order chi connectivity index (χ1) is 17.8. The summed E-state index contributed by atoms with van der Waals surface area (Å²) in [5.74, 6) is 0.108. The molecular weight excluding hydrogens is 535 g/mol. The second-order valence-electron chi connectivity index (χ2n) is 8.02. The van der Waals surface area contributed by atoms with Gasteiger partial charge in [0.1, 0.15) is 5.75 Å². The second kappa shape index (κ2) is 12.1. The maximum absolute atomic E-state index is 12.5. The molecule has 0 aliphatic rings. The lowest BCUT2D eigenvalue weighted by atomic mass is 10.2. The molecule has 4 rings (SSSR count). The van der Waals surface area contributed by atoms with Gasteiger partial charge in [0.2, 0.25) is 0 Å². The smallest absolute Gasteiger partial charge is 0.261 e. The quantitative estimate of drug-likeness (QED) is 0.214. The number of halogens is 2. The molecule has 0 aliphatic heterocycles. The van der Waals surface area contributed by atoms with E-state index in [1.54, 1.807) is 30.5 Å². The molecule has 0 fully saturated rings. The Balaban J connectivity index is 1.18. The third-order valence-electron chi connectivity index (χ3n) is 5.30. The number of ether oxygens (including phenoxy) is 1. The summed E-state index contributed by atoms with van der Waals surface area (Å²) in [7, 11) is -3.77. The predicted molar refractivity (Wildman–Crippen MR) is 147 cm³/mol. The highest BCUT2D eigenvalue weighted by Crippen LogP contribution is 2.24. The van der Waals surface area contributed by atoms with E-state index in [0.29, 0.717) is 41.0 Å². The number of rotatable bonds is 11. The lowest BCUT2D eigenvalue weighted by Gasteiger charge is -2.11. The zero-order chi connectivity index (χ0) is 26.3. The lowest BCUT2D eigenvalue weighted by molar-refractivity contribution is -0.123. The Bertz CT molecular complexity index is 1480. The number of amides is 1. The van der Waals surface area contributed by atoms with Crippen LogP contribution in [0.25, 0.3) is 10.9 Å². The van der Waals surface area contributed by atoms with Gasteiger partial charge in [0.15, 0.2) is 6.61 Å². The van der Waals surface area contributed by atoms with Crippen LogP contribution in [0.3, 0.4) is 0 Å². The van der Waals surface area contributed by atoms with E-state index in [2.05, 4.69) is 20.3 Å². The van der Waals surface area contributed by atoms with E-state index >= 15 is 0 Å². The second-order valence-corrected chi connectivity index (χ2v) is 10.6. The van der Waals surface area contributed by atoms with Crippen molar-refractivity contribution in [2.45, 2.75) is 11.3 Å². The molecule has 3 aromatic carbocycles. The molecule has 0 bridgehead atoms. The Hall–Kier alpha value is -3.53. The standard InChI is InChI=1S/C26H24Cl2N4O4S/c27-18-2-5-20(6-3-18)32-37(34,35)22-9-7-21(8-10-22)36-17-26(33)31-14-1-13-29-24-12-15-30-25-16-19(28)4-11-23(24)25/h2-12,15-16,32H,1,13-14,17H2,(H,29,30)(H,31,33). The number of nitrogens with one attached hydrogen (secondary N) is 3. The van der Waals surface area contributed by atoms with Crippen molar-refractivity contribution in [3.63, 3.8) is 0 Å². The molecule has 0 radical (unpaired) electrons. The van der Waals surface area contributed by atoms with Gasteiger partial charge in [-0.2, -0.15) is 0 Å². The maximum Gasteiger partial charge on any atom is 0.261 e. The molecule has 1 heterocycles. The molecule has 0 saturated heterocycles. The van der Waals surface area contributed by atoms with Gasteiger partial charge in [0.05, 0.1) is 10.4 Å². The number of hydrogen-bond acceptors (Lipinski definition) is 6. The summed E-state index contributed by atoms with van der Waals surface area (Å²) in [5, 5.41) is 8.27. The highest BCUT2D eigenvalue weighted by atomic mass is 35.5. The van der Waals surface area contributed by atoms with Gasteiger partial charge in [-0.05, 0) is 79.2 Å². The van der Waals surface area contributed by atoms with Gasteiger partial charge in [-0.1, -0.05) is 23.2 Å². The molecule has 1 aromatic heterocycles. The fraction of sp³-hybridized carbons (Fsp3) is 0.154. The van der Waals surface area contributed by atoms with Crippen LogP contribution >= 0.6 is 23.2 Å². The number of aromatic nitrogens is 1.